The number of hydrogen-bond acceptors (Lipinski definition) is 0. The van der Waals surface area contributed by atoms with Crippen LogP contribution in [0.15, 0.2) is 12.2 Å². The van der Waals surface area contributed by atoms with E-state index in [1.54, 1.807) is 0 Å². The summed E-state index contributed by atoms with van der Waals surface area (Å²) in [7, 11) is 0. The zero-order valence-electron chi connectivity index (χ0n) is 13.0. The van der Waals surface area contributed by atoms with Crippen LogP contribution in [0, 0.1) is 17.8 Å². The third kappa shape index (κ3) is 7.24. The molecule has 18 heavy (non-hydrogen) atoms. The van der Waals surface area contributed by atoms with Gasteiger partial charge in [-0.3, -0.25) is 0 Å². The maximum Gasteiger partial charge on any atom is -0.0234 e. The second-order valence-electron chi connectivity index (χ2n) is 6.73. The molecule has 0 saturated heterocycles. The maximum atomic E-state index is 4.21. The van der Waals surface area contributed by atoms with Crippen LogP contribution in [0.3, 0.4) is 0 Å². The Bertz CT molecular complexity index is 224. The first-order valence-electron chi connectivity index (χ1n) is 8.31. The van der Waals surface area contributed by atoms with Gasteiger partial charge in [-0.1, -0.05) is 77.9 Å². The molecule has 0 spiro atoms. The molecule has 0 aromatic rings. The molecule has 0 aromatic carbocycles. The largest absolute Gasteiger partial charge is 0.0996 e. The van der Waals surface area contributed by atoms with Crippen LogP contribution in [0.2, 0.25) is 0 Å². The molecule has 0 heterocycles. The van der Waals surface area contributed by atoms with Crippen LogP contribution in [0.4, 0.5) is 0 Å². The first-order valence-corrected chi connectivity index (χ1v) is 8.31. The highest BCUT2D eigenvalue weighted by Gasteiger charge is 2.23. The maximum absolute atomic E-state index is 4.21. The third-order valence-corrected chi connectivity index (χ3v) is 4.53. The van der Waals surface area contributed by atoms with Gasteiger partial charge in [0.2, 0.25) is 0 Å². The minimum atomic E-state index is 0.744. The second-order valence-corrected chi connectivity index (χ2v) is 6.73. The van der Waals surface area contributed by atoms with Gasteiger partial charge in [-0.15, -0.1) is 0 Å². The molecule has 0 radical (unpaired) electrons. The molecule has 1 fully saturated rings. The van der Waals surface area contributed by atoms with Crippen molar-refractivity contribution in [1.82, 2.24) is 0 Å². The zero-order valence-corrected chi connectivity index (χ0v) is 13.0. The van der Waals surface area contributed by atoms with E-state index in [0.29, 0.717) is 0 Å². The molecule has 1 saturated carbocycles. The van der Waals surface area contributed by atoms with Crippen molar-refractivity contribution in [3.05, 3.63) is 12.2 Å². The van der Waals surface area contributed by atoms with Gasteiger partial charge >= 0.3 is 0 Å². The summed E-state index contributed by atoms with van der Waals surface area (Å²) < 4.78 is 0. The summed E-state index contributed by atoms with van der Waals surface area (Å²) in [6.07, 6.45) is 14.1. The van der Waals surface area contributed by atoms with E-state index in [4.69, 9.17) is 0 Å². The molecule has 0 amide bonds. The Labute approximate surface area is 115 Å². The molecule has 106 valence electrons. The normalized spacial score (nSPS) is 18.6. The van der Waals surface area contributed by atoms with E-state index in [-0.39, 0.29) is 0 Å². The SMILES string of the molecule is C=C(CCC)C(C)CCCCCC(C)CC1CC1. The highest BCUT2D eigenvalue weighted by Crippen LogP contribution is 2.36. The van der Waals surface area contributed by atoms with Crippen LogP contribution >= 0.6 is 0 Å². The van der Waals surface area contributed by atoms with Crippen molar-refractivity contribution in [3.8, 4) is 0 Å². The minimum Gasteiger partial charge on any atom is -0.0996 e. The molecule has 0 bridgehead atoms. The standard InChI is InChI=1S/C18H34/c1-5-9-16(3)17(4)11-8-6-7-10-15(2)14-18-12-13-18/h15,17-18H,3,5-14H2,1-2,4H3. The van der Waals surface area contributed by atoms with Gasteiger partial charge in [-0.2, -0.15) is 0 Å². The van der Waals surface area contributed by atoms with E-state index in [9.17, 15) is 0 Å². The smallest absolute Gasteiger partial charge is 0.0234 e. The van der Waals surface area contributed by atoms with Crippen LogP contribution < -0.4 is 0 Å². The monoisotopic (exact) mass is 250 g/mol. The lowest BCUT2D eigenvalue weighted by Gasteiger charge is -2.14. The number of allylic oxidation sites excluding steroid dienone is 1. The van der Waals surface area contributed by atoms with Gasteiger partial charge in [0.05, 0.1) is 0 Å². The summed E-state index contributed by atoms with van der Waals surface area (Å²) in [6.45, 7) is 11.3. The zero-order chi connectivity index (χ0) is 13.4. The summed E-state index contributed by atoms with van der Waals surface area (Å²) >= 11 is 0. The topological polar surface area (TPSA) is 0 Å². The van der Waals surface area contributed by atoms with Gasteiger partial charge in [-0.05, 0) is 37.0 Å². The van der Waals surface area contributed by atoms with Crippen LogP contribution in [0.25, 0.3) is 0 Å². The third-order valence-electron chi connectivity index (χ3n) is 4.53. The van der Waals surface area contributed by atoms with Crippen molar-refractivity contribution in [1.29, 1.82) is 0 Å². The quantitative estimate of drug-likeness (QED) is 0.295. The second kappa shape index (κ2) is 8.77. The fourth-order valence-corrected chi connectivity index (χ4v) is 2.93. The molecule has 1 aliphatic rings. The van der Waals surface area contributed by atoms with Crippen LogP contribution in [0.1, 0.15) is 85.0 Å². The predicted molar refractivity (Wildman–Crippen MR) is 82.8 cm³/mol. The molecular weight excluding hydrogens is 216 g/mol. The lowest BCUT2D eigenvalue weighted by atomic mass is 9.92. The van der Waals surface area contributed by atoms with E-state index in [1.165, 1.54) is 69.8 Å². The summed E-state index contributed by atoms with van der Waals surface area (Å²) in [4.78, 5) is 0. The molecule has 0 aliphatic heterocycles. The molecule has 0 aromatic heterocycles. The Morgan fingerprint density at radius 1 is 1.11 bits per heavy atom. The van der Waals surface area contributed by atoms with E-state index in [0.717, 1.165) is 17.8 Å². The molecule has 0 heteroatoms. The van der Waals surface area contributed by atoms with Gasteiger partial charge < -0.3 is 0 Å². The Balaban J connectivity index is 1.92. The van der Waals surface area contributed by atoms with Crippen LogP contribution in [0.5, 0.6) is 0 Å². The fraction of sp³-hybridized carbons (Fsp3) is 0.889. The summed E-state index contributed by atoms with van der Waals surface area (Å²) in [5.74, 6) is 2.83. The Hall–Kier alpha value is -0.260. The molecule has 0 N–H and O–H groups in total. The van der Waals surface area contributed by atoms with Crippen molar-refractivity contribution in [2.75, 3.05) is 0 Å². The summed E-state index contributed by atoms with van der Waals surface area (Å²) in [6, 6.07) is 0. The molecule has 2 atom stereocenters. The van der Waals surface area contributed by atoms with Crippen molar-refractivity contribution < 1.29 is 0 Å². The van der Waals surface area contributed by atoms with Crippen molar-refractivity contribution in [3.63, 3.8) is 0 Å². The Morgan fingerprint density at radius 3 is 2.39 bits per heavy atom. The highest BCUT2D eigenvalue weighted by atomic mass is 14.3. The molecular formula is C18H34. The Morgan fingerprint density at radius 2 is 1.78 bits per heavy atom. The van der Waals surface area contributed by atoms with Gasteiger partial charge in [-0.25, -0.2) is 0 Å². The van der Waals surface area contributed by atoms with E-state index in [2.05, 4.69) is 27.4 Å². The molecule has 1 aliphatic carbocycles. The van der Waals surface area contributed by atoms with Crippen molar-refractivity contribution in [2.24, 2.45) is 17.8 Å². The van der Waals surface area contributed by atoms with Gasteiger partial charge in [0.15, 0.2) is 0 Å². The Kier molecular flexibility index (Phi) is 7.70. The lowest BCUT2D eigenvalue weighted by molar-refractivity contribution is 0.429. The van der Waals surface area contributed by atoms with Crippen LogP contribution in [-0.2, 0) is 0 Å². The summed E-state index contributed by atoms with van der Waals surface area (Å²) in [5.41, 5.74) is 1.47. The van der Waals surface area contributed by atoms with E-state index >= 15 is 0 Å². The van der Waals surface area contributed by atoms with Crippen LogP contribution in [-0.4, -0.2) is 0 Å². The molecule has 1 rings (SSSR count). The van der Waals surface area contributed by atoms with Gasteiger partial charge in [0.25, 0.3) is 0 Å². The van der Waals surface area contributed by atoms with Crippen molar-refractivity contribution in [2.45, 2.75) is 85.0 Å². The molecule has 2 unspecified atom stereocenters. The summed E-state index contributed by atoms with van der Waals surface area (Å²) in [5, 5.41) is 0. The van der Waals surface area contributed by atoms with Crippen molar-refractivity contribution >= 4 is 0 Å². The average Bonchev–Trinajstić information content (AvgIpc) is 3.12. The van der Waals surface area contributed by atoms with E-state index in [1.807, 2.05) is 0 Å². The average molecular weight is 250 g/mol. The van der Waals surface area contributed by atoms with Gasteiger partial charge in [0, 0.05) is 0 Å². The first-order chi connectivity index (χ1) is 8.63. The van der Waals surface area contributed by atoms with Gasteiger partial charge in [0.1, 0.15) is 0 Å². The fourth-order valence-electron chi connectivity index (χ4n) is 2.93. The lowest BCUT2D eigenvalue weighted by Crippen LogP contribution is -1.99. The first kappa shape index (κ1) is 15.8. The predicted octanol–water partition coefficient (Wildman–Crippen LogP) is 6.37. The molecule has 0 nitrogen and oxygen atoms in total. The number of hydrogen-bond donors (Lipinski definition) is 0. The number of rotatable bonds is 11. The highest BCUT2D eigenvalue weighted by molar-refractivity contribution is 4.98. The van der Waals surface area contributed by atoms with E-state index < -0.39 is 0 Å². The number of unbranched alkanes of at least 4 members (excludes halogenated alkanes) is 2. The minimum absolute atomic E-state index is 0.744.